The van der Waals surface area contributed by atoms with Crippen LogP contribution >= 0.6 is 0 Å². The zero-order valence-corrected chi connectivity index (χ0v) is 8.87. The molecule has 1 unspecified atom stereocenters. The largest absolute Gasteiger partial charge is 0.314 e. The van der Waals surface area contributed by atoms with E-state index in [0.29, 0.717) is 6.04 Å². The Morgan fingerprint density at radius 3 is 2.93 bits per heavy atom. The average Bonchev–Trinajstić information content (AvgIpc) is 2.31. The summed E-state index contributed by atoms with van der Waals surface area (Å²) in [5, 5.41) is 12.5. The Balaban J connectivity index is 2.06. The van der Waals surface area contributed by atoms with Gasteiger partial charge in [0.2, 0.25) is 0 Å². The molecule has 0 spiro atoms. The Morgan fingerprint density at radius 1 is 1.33 bits per heavy atom. The van der Waals surface area contributed by atoms with Gasteiger partial charge in [0.25, 0.3) is 0 Å². The van der Waals surface area contributed by atoms with Gasteiger partial charge in [0.1, 0.15) is 0 Å². The van der Waals surface area contributed by atoms with Crippen molar-refractivity contribution in [2.75, 3.05) is 6.54 Å². The standard InChI is InChI=1S/C13H16N2/c14-10-12-6-2-1-5-11(12)9-13-7-3-4-8-15-13/h1-2,5-6,13,15H,3-4,7-9H2. The lowest BCUT2D eigenvalue weighted by atomic mass is 9.95. The second-order valence-electron chi connectivity index (χ2n) is 4.12. The maximum Gasteiger partial charge on any atom is 0.0994 e. The summed E-state index contributed by atoms with van der Waals surface area (Å²) in [5.41, 5.74) is 2.00. The van der Waals surface area contributed by atoms with Gasteiger partial charge in [0, 0.05) is 6.04 Å². The minimum atomic E-state index is 0.563. The molecule has 2 rings (SSSR count). The topological polar surface area (TPSA) is 35.8 Å². The van der Waals surface area contributed by atoms with E-state index in [2.05, 4.69) is 17.5 Å². The summed E-state index contributed by atoms with van der Waals surface area (Å²) in [6.45, 7) is 1.12. The molecule has 1 aliphatic rings. The lowest BCUT2D eigenvalue weighted by Gasteiger charge is -2.23. The summed E-state index contributed by atoms with van der Waals surface area (Å²) in [5.74, 6) is 0. The fraction of sp³-hybridized carbons (Fsp3) is 0.462. The molecule has 1 saturated heterocycles. The molecule has 1 aliphatic heterocycles. The Hall–Kier alpha value is -1.33. The second kappa shape index (κ2) is 4.95. The summed E-state index contributed by atoms with van der Waals surface area (Å²) in [7, 11) is 0. The van der Waals surface area contributed by atoms with E-state index in [1.165, 1.54) is 24.8 Å². The normalized spacial score (nSPS) is 20.9. The maximum atomic E-state index is 8.98. The summed E-state index contributed by atoms with van der Waals surface area (Å²) in [4.78, 5) is 0. The van der Waals surface area contributed by atoms with E-state index < -0.39 is 0 Å². The highest BCUT2D eigenvalue weighted by atomic mass is 14.9. The van der Waals surface area contributed by atoms with Crippen LogP contribution < -0.4 is 5.32 Å². The van der Waals surface area contributed by atoms with Crippen molar-refractivity contribution in [2.45, 2.75) is 31.7 Å². The van der Waals surface area contributed by atoms with Gasteiger partial charge in [-0.3, -0.25) is 0 Å². The van der Waals surface area contributed by atoms with Gasteiger partial charge in [-0.15, -0.1) is 0 Å². The second-order valence-corrected chi connectivity index (χ2v) is 4.12. The van der Waals surface area contributed by atoms with Crippen molar-refractivity contribution in [3.8, 4) is 6.07 Å². The van der Waals surface area contributed by atoms with E-state index in [9.17, 15) is 0 Å². The molecule has 78 valence electrons. The van der Waals surface area contributed by atoms with Crippen LogP contribution in [0.5, 0.6) is 0 Å². The third kappa shape index (κ3) is 2.57. The molecule has 1 aromatic carbocycles. The fourth-order valence-corrected chi connectivity index (χ4v) is 2.17. The van der Waals surface area contributed by atoms with E-state index in [1.807, 2.05) is 18.2 Å². The van der Waals surface area contributed by atoms with Crippen molar-refractivity contribution in [1.29, 1.82) is 5.26 Å². The average molecular weight is 200 g/mol. The van der Waals surface area contributed by atoms with Crippen LogP contribution in [0.2, 0.25) is 0 Å². The smallest absolute Gasteiger partial charge is 0.0994 e. The Morgan fingerprint density at radius 2 is 2.20 bits per heavy atom. The molecule has 0 bridgehead atoms. The van der Waals surface area contributed by atoms with Crippen LogP contribution in [0.25, 0.3) is 0 Å². The van der Waals surface area contributed by atoms with Crippen LogP contribution in [0.1, 0.15) is 30.4 Å². The summed E-state index contributed by atoms with van der Waals surface area (Å²) in [6, 6.07) is 10.7. The Labute approximate surface area is 90.9 Å². The van der Waals surface area contributed by atoms with Crippen molar-refractivity contribution >= 4 is 0 Å². The van der Waals surface area contributed by atoms with Crippen LogP contribution in [0, 0.1) is 11.3 Å². The van der Waals surface area contributed by atoms with Crippen molar-refractivity contribution < 1.29 is 0 Å². The number of hydrogen-bond donors (Lipinski definition) is 1. The molecule has 1 N–H and O–H groups in total. The predicted octanol–water partition coefficient (Wildman–Crippen LogP) is 2.24. The molecule has 15 heavy (non-hydrogen) atoms. The number of benzene rings is 1. The Kier molecular flexibility index (Phi) is 3.37. The van der Waals surface area contributed by atoms with Gasteiger partial charge in [-0.2, -0.15) is 5.26 Å². The summed E-state index contributed by atoms with van der Waals surface area (Å²) < 4.78 is 0. The summed E-state index contributed by atoms with van der Waals surface area (Å²) in [6.07, 6.45) is 4.83. The number of hydrogen-bond acceptors (Lipinski definition) is 2. The summed E-state index contributed by atoms with van der Waals surface area (Å²) >= 11 is 0. The van der Waals surface area contributed by atoms with E-state index in [1.54, 1.807) is 0 Å². The fourth-order valence-electron chi connectivity index (χ4n) is 2.17. The van der Waals surface area contributed by atoms with Gasteiger partial charge in [-0.1, -0.05) is 24.6 Å². The maximum absolute atomic E-state index is 8.98. The first-order valence-corrected chi connectivity index (χ1v) is 5.61. The van der Waals surface area contributed by atoms with Gasteiger partial charge in [-0.05, 0) is 37.4 Å². The Bertz CT molecular complexity index is 359. The molecule has 2 nitrogen and oxygen atoms in total. The van der Waals surface area contributed by atoms with Crippen molar-refractivity contribution in [3.05, 3.63) is 35.4 Å². The van der Waals surface area contributed by atoms with E-state index >= 15 is 0 Å². The molecule has 0 aromatic heterocycles. The van der Waals surface area contributed by atoms with Crippen LogP contribution in [0.15, 0.2) is 24.3 Å². The lowest BCUT2D eigenvalue weighted by molar-refractivity contribution is 0.399. The molecule has 0 saturated carbocycles. The third-order valence-corrected chi connectivity index (χ3v) is 3.02. The van der Waals surface area contributed by atoms with Gasteiger partial charge in [-0.25, -0.2) is 0 Å². The van der Waals surface area contributed by atoms with E-state index in [4.69, 9.17) is 5.26 Å². The number of piperidine rings is 1. The SMILES string of the molecule is N#Cc1ccccc1CC1CCCCN1. The minimum Gasteiger partial charge on any atom is -0.314 e. The molecule has 1 atom stereocenters. The molecule has 0 amide bonds. The van der Waals surface area contributed by atoms with Crippen LogP contribution in [-0.2, 0) is 6.42 Å². The van der Waals surface area contributed by atoms with Gasteiger partial charge >= 0.3 is 0 Å². The van der Waals surface area contributed by atoms with Crippen molar-refractivity contribution in [3.63, 3.8) is 0 Å². The molecule has 0 aliphatic carbocycles. The highest BCUT2D eigenvalue weighted by molar-refractivity contribution is 5.37. The molecule has 1 aromatic rings. The predicted molar refractivity (Wildman–Crippen MR) is 60.5 cm³/mol. The zero-order valence-electron chi connectivity index (χ0n) is 8.87. The van der Waals surface area contributed by atoms with Crippen LogP contribution in [0.3, 0.4) is 0 Å². The van der Waals surface area contributed by atoms with Crippen molar-refractivity contribution in [2.24, 2.45) is 0 Å². The first-order valence-electron chi connectivity index (χ1n) is 5.61. The van der Waals surface area contributed by atoms with Crippen molar-refractivity contribution in [1.82, 2.24) is 5.32 Å². The van der Waals surface area contributed by atoms with E-state index in [-0.39, 0.29) is 0 Å². The van der Waals surface area contributed by atoms with Crippen LogP contribution in [0.4, 0.5) is 0 Å². The van der Waals surface area contributed by atoms with Gasteiger partial charge < -0.3 is 5.32 Å². The minimum absolute atomic E-state index is 0.563. The van der Waals surface area contributed by atoms with Crippen LogP contribution in [-0.4, -0.2) is 12.6 Å². The lowest BCUT2D eigenvalue weighted by Crippen LogP contribution is -2.35. The number of nitrogens with zero attached hydrogens (tertiary/aromatic N) is 1. The zero-order chi connectivity index (χ0) is 10.5. The first kappa shape index (κ1) is 10.2. The van der Waals surface area contributed by atoms with Gasteiger partial charge in [0.15, 0.2) is 0 Å². The molecule has 1 fully saturated rings. The number of nitrogens with one attached hydrogen (secondary N) is 1. The highest BCUT2D eigenvalue weighted by Gasteiger charge is 2.14. The van der Waals surface area contributed by atoms with Gasteiger partial charge in [0.05, 0.1) is 11.6 Å². The van der Waals surface area contributed by atoms with E-state index in [0.717, 1.165) is 18.5 Å². The highest BCUT2D eigenvalue weighted by Crippen LogP contribution is 2.15. The molecular formula is C13H16N2. The number of rotatable bonds is 2. The molecule has 2 heteroatoms. The quantitative estimate of drug-likeness (QED) is 0.794. The molecule has 0 radical (unpaired) electrons. The molecule has 1 heterocycles. The monoisotopic (exact) mass is 200 g/mol. The first-order chi connectivity index (χ1) is 7.40. The molecular weight excluding hydrogens is 184 g/mol. The number of nitriles is 1. The third-order valence-electron chi connectivity index (χ3n) is 3.02.